The van der Waals surface area contributed by atoms with Crippen LogP contribution in [0.2, 0.25) is 0 Å². The summed E-state index contributed by atoms with van der Waals surface area (Å²) < 4.78 is 0. The zero-order valence-corrected chi connectivity index (χ0v) is 8.51. The molecule has 0 radical (unpaired) electrons. The van der Waals surface area contributed by atoms with E-state index in [1.807, 2.05) is 0 Å². The Balaban J connectivity index is 2.26. The van der Waals surface area contributed by atoms with E-state index in [0.717, 1.165) is 17.8 Å². The third-order valence-electron chi connectivity index (χ3n) is 4.82. The first kappa shape index (κ1) is 8.55. The largest absolute Gasteiger partial charge is 0.327 e. The summed E-state index contributed by atoms with van der Waals surface area (Å²) in [6, 6.07) is 0.483. The molecule has 0 aliphatic heterocycles. The molecule has 2 bridgehead atoms. The molecule has 2 aliphatic rings. The molecule has 0 aromatic carbocycles. The number of rotatable bonds is 1. The molecule has 0 unspecified atom stereocenters. The average Bonchev–Trinajstić information content (AvgIpc) is 2.55. The zero-order chi connectivity index (χ0) is 8.93. The summed E-state index contributed by atoms with van der Waals surface area (Å²) in [7, 11) is 0. The van der Waals surface area contributed by atoms with Crippen LogP contribution in [-0.4, -0.2) is 6.04 Å². The maximum atomic E-state index is 6.30. The van der Waals surface area contributed by atoms with Crippen LogP contribution in [0.4, 0.5) is 0 Å². The number of hydrogen-bond acceptors (Lipinski definition) is 1. The van der Waals surface area contributed by atoms with Crippen molar-refractivity contribution in [1.82, 2.24) is 0 Å². The van der Waals surface area contributed by atoms with Crippen LogP contribution in [-0.2, 0) is 0 Å². The van der Waals surface area contributed by atoms with Crippen LogP contribution in [0.3, 0.4) is 0 Å². The summed E-state index contributed by atoms with van der Waals surface area (Å²) in [5.74, 6) is 2.53. The van der Waals surface area contributed by atoms with Crippen molar-refractivity contribution in [3.63, 3.8) is 0 Å². The van der Waals surface area contributed by atoms with E-state index in [9.17, 15) is 0 Å². The lowest BCUT2D eigenvalue weighted by atomic mass is 9.65. The Morgan fingerprint density at radius 1 is 1.33 bits per heavy atom. The summed E-state index contributed by atoms with van der Waals surface area (Å²) in [6.07, 6.45) is 4.25. The van der Waals surface area contributed by atoms with Gasteiger partial charge in [0.1, 0.15) is 0 Å². The van der Waals surface area contributed by atoms with Crippen LogP contribution < -0.4 is 5.73 Å². The molecule has 0 aromatic heterocycles. The van der Waals surface area contributed by atoms with Crippen LogP contribution >= 0.6 is 0 Å². The second-order valence-corrected chi connectivity index (χ2v) is 5.32. The number of nitrogens with two attached hydrogens (primary N) is 1. The molecule has 0 saturated heterocycles. The molecule has 0 spiro atoms. The van der Waals surface area contributed by atoms with Crippen molar-refractivity contribution >= 4 is 0 Å². The molecule has 2 saturated carbocycles. The van der Waals surface area contributed by atoms with Gasteiger partial charge in [-0.15, -0.1) is 0 Å². The number of hydrogen-bond donors (Lipinski definition) is 1. The smallest absolute Gasteiger partial charge is 0.0127 e. The Hall–Kier alpha value is -0.0400. The van der Waals surface area contributed by atoms with Crippen LogP contribution in [0.15, 0.2) is 0 Å². The molecule has 2 fully saturated rings. The van der Waals surface area contributed by atoms with E-state index < -0.39 is 0 Å². The molecule has 2 N–H and O–H groups in total. The van der Waals surface area contributed by atoms with E-state index in [1.165, 1.54) is 19.3 Å². The molecule has 2 aliphatic carbocycles. The van der Waals surface area contributed by atoms with Crippen molar-refractivity contribution in [2.24, 2.45) is 28.9 Å². The molecule has 0 amide bonds. The monoisotopic (exact) mass is 167 g/mol. The third kappa shape index (κ3) is 0.834. The van der Waals surface area contributed by atoms with E-state index >= 15 is 0 Å². The Morgan fingerprint density at radius 3 is 2.33 bits per heavy atom. The molecular weight excluding hydrogens is 146 g/mol. The van der Waals surface area contributed by atoms with Gasteiger partial charge in [0, 0.05) is 6.04 Å². The summed E-state index contributed by atoms with van der Waals surface area (Å²) in [5.41, 5.74) is 6.75. The number of fused-ring (bicyclic) bond motifs is 2. The first-order valence-corrected chi connectivity index (χ1v) is 5.32. The Morgan fingerprint density at radius 2 is 2.00 bits per heavy atom. The highest BCUT2D eigenvalue weighted by molar-refractivity contribution is 5.07. The first-order valence-electron chi connectivity index (χ1n) is 5.32. The van der Waals surface area contributed by atoms with Gasteiger partial charge >= 0.3 is 0 Å². The van der Waals surface area contributed by atoms with E-state index in [1.54, 1.807) is 0 Å². The SMILES string of the molecule is CC(C)[C@@]1(C)[C@H]2CC[C@H](C2)[C@@H]1N. The van der Waals surface area contributed by atoms with E-state index in [2.05, 4.69) is 20.8 Å². The van der Waals surface area contributed by atoms with Crippen molar-refractivity contribution in [2.75, 3.05) is 0 Å². The summed E-state index contributed by atoms with van der Waals surface area (Å²) in [6.45, 7) is 7.08. The molecule has 12 heavy (non-hydrogen) atoms. The molecular formula is C11H21N. The minimum absolute atomic E-state index is 0.447. The molecule has 0 aromatic rings. The summed E-state index contributed by atoms with van der Waals surface area (Å²) >= 11 is 0. The van der Waals surface area contributed by atoms with Crippen molar-refractivity contribution < 1.29 is 0 Å². The van der Waals surface area contributed by atoms with Gasteiger partial charge in [-0.2, -0.15) is 0 Å². The van der Waals surface area contributed by atoms with Crippen LogP contribution in [0.25, 0.3) is 0 Å². The molecule has 0 heterocycles. The lowest BCUT2D eigenvalue weighted by Gasteiger charge is -2.42. The van der Waals surface area contributed by atoms with Gasteiger partial charge in [-0.1, -0.05) is 20.8 Å². The van der Waals surface area contributed by atoms with Gasteiger partial charge in [0.05, 0.1) is 0 Å². The second kappa shape index (κ2) is 2.47. The van der Waals surface area contributed by atoms with Crippen LogP contribution in [0.5, 0.6) is 0 Å². The predicted octanol–water partition coefficient (Wildman–Crippen LogP) is 2.41. The highest BCUT2D eigenvalue weighted by atomic mass is 14.8. The molecule has 1 nitrogen and oxygen atoms in total. The maximum Gasteiger partial charge on any atom is 0.0127 e. The van der Waals surface area contributed by atoms with Gasteiger partial charge in [-0.05, 0) is 42.4 Å². The predicted molar refractivity (Wildman–Crippen MR) is 51.8 cm³/mol. The Kier molecular flexibility index (Phi) is 1.76. The van der Waals surface area contributed by atoms with Gasteiger partial charge in [0.15, 0.2) is 0 Å². The normalized spacial score (nSPS) is 52.2. The lowest BCUT2D eigenvalue weighted by molar-refractivity contribution is 0.0930. The van der Waals surface area contributed by atoms with E-state index in [-0.39, 0.29) is 0 Å². The van der Waals surface area contributed by atoms with E-state index in [4.69, 9.17) is 5.73 Å². The second-order valence-electron chi connectivity index (χ2n) is 5.32. The van der Waals surface area contributed by atoms with Gasteiger partial charge in [0.2, 0.25) is 0 Å². The summed E-state index contributed by atoms with van der Waals surface area (Å²) in [5, 5.41) is 0. The topological polar surface area (TPSA) is 26.0 Å². The minimum Gasteiger partial charge on any atom is -0.327 e. The van der Waals surface area contributed by atoms with Gasteiger partial charge in [-0.3, -0.25) is 0 Å². The molecule has 2 rings (SSSR count). The van der Waals surface area contributed by atoms with Crippen molar-refractivity contribution in [2.45, 2.75) is 46.1 Å². The van der Waals surface area contributed by atoms with Crippen molar-refractivity contribution in [3.8, 4) is 0 Å². The van der Waals surface area contributed by atoms with Crippen molar-refractivity contribution in [1.29, 1.82) is 0 Å². The third-order valence-corrected chi connectivity index (χ3v) is 4.82. The minimum atomic E-state index is 0.447. The van der Waals surface area contributed by atoms with Gasteiger partial charge < -0.3 is 5.73 Å². The molecule has 70 valence electrons. The van der Waals surface area contributed by atoms with Gasteiger partial charge in [-0.25, -0.2) is 0 Å². The fourth-order valence-corrected chi connectivity index (χ4v) is 3.54. The van der Waals surface area contributed by atoms with Gasteiger partial charge in [0.25, 0.3) is 0 Å². The highest BCUT2D eigenvalue weighted by Gasteiger charge is 2.54. The van der Waals surface area contributed by atoms with Crippen LogP contribution in [0.1, 0.15) is 40.0 Å². The fourth-order valence-electron chi connectivity index (χ4n) is 3.54. The molecule has 1 heteroatoms. The van der Waals surface area contributed by atoms with E-state index in [0.29, 0.717) is 11.5 Å². The quantitative estimate of drug-likeness (QED) is 0.637. The standard InChI is InChI=1S/C11H21N/c1-7(2)11(3)9-5-4-8(6-9)10(11)12/h7-10H,4-6,12H2,1-3H3/t8-,9+,10+,11+/m1/s1. The lowest BCUT2D eigenvalue weighted by Crippen LogP contribution is -2.47. The summed E-state index contributed by atoms with van der Waals surface area (Å²) in [4.78, 5) is 0. The van der Waals surface area contributed by atoms with Crippen LogP contribution in [0, 0.1) is 23.2 Å². The molecule has 4 atom stereocenters. The fraction of sp³-hybridized carbons (Fsp3) is 1.00. The zero-order valence-electron chi connectivity index (χ0n) is 8.51. The maximum absolute atomic E-state index is 6.30. The van der Waals surface area contributed by atoms with Crippen molar-refractivity contribution in [3.05, 3.63) is 0 Å². The Bertz CT molecular complexity index is 183. The highest BCUT2D eigenvalue weighted by Crippen LogP contribution is 2.58. The Labute approximate surface area is 75.7 Å². The average molecular weight is 167 g/mol. The first-order chi connectivity index (χ1) is 5.56.